The number of halogens is 1. The zero-order valence-corrected chi connectivity index (χ0v) is 11.2. The van der Waals surface area contributed by atoms with Gasteiger partial charge in [-0.15, -0.1) is 0 Å². The van der Waals surface area contributed by atoms with Crippen LogP contribution in [0.15, 0.2) is 35.1 Å². The third-order valence-electron chi connectivity index (χ3n) is 3.42. The first-order valence-corrected chi connectivity index (χ1v) is 6.50. The van der Waals surface area contributed by atoms with Gasteiger partial charge in [-0.05, 0) is 30.2 Å². The van der Waals surface area contributed by atoms with Gasteiger partial charge in [-0.25, -0.2) is 0 Å². The smallest absolute Gasteiger partial charge is 0.129 e. The van der Waals surface area contributed by atoms with Gasteiger partial charge < -0.3 is 9.42 Å². The third-order valence-corrected chi connectivity index (χ3v) is 3.67. The molecule has 0 N–H and O–H groups in total. The number of hydrogen-bond donors (Lipinski definition) is 0. The number of rotatable bonds is 2. The van der Waals surface area contributed by atoms with Crippen LogP contribution in [0.1, 0.15) is 31.1 Å². The molecule has 3 rings (SSSR count). The minimum Gasteiger partial charge on any atom is -0.364 e. The fourth-order valence-electron chi connectivity index (χ4n) is 2.62. The van der Waals surface area contributed by atoms with E-state index in [1.54, 1.807) is 6.26 Å². The largest absolute Gasteiger partial charge is 0.364 e. The lowest BCUT2D eigenvalue weighted by atomic mass is 10.0. The molecule has 1 atom stereocenters. The molecule has 0 fully saturated rings. The molecule has 1 aliphatic heterocycles. The van der Waals surface area contributed by atoms with Crippen LogP contribution in [0.25, 0.3) is 0 Å². The molecular weight excluding hydrogens is 248 g/mol. The summed E-state index contributed by atoms with van der Waals surface area (Å²) in [6.07, 6.45) is 1.75. The minimum absolute atomic E-state index is 0.278. The summed E-state index contributed by atoms with van der Waals surface area (Å²) < 4.78 is 5.07. The van der Waals surface area contributed by atoms with Gasteiger partial charge in [0.05, 0.1) is 6.04 Å². The summed E-state index contributed by atoms with van der Waals surface area (Å²) in [5.74, 6) is 0.479. The minimum atomic E-state index is 0.278. The molecule has 0 aliphatic carbocycles. The molecule has 1 aliphatic rings. The predicted molar refractivity (Wildman–Crippen MR) is 71.7 cm³/mol. The Morgan fingerprint density at radius 2 is 2.06 bits per heavy atom. The Bertz CT molecular complexity index is 547. The monoisotopic (exact) mass is 262 g/mol. The molecule has 3 nitrogen and oxygen atoms in total. The molecule has 0 bridgehead atoms. The SMILES string of the molecule is CC(C)[C@H]1c2nocc2CN1c1ccc(Cl)cc1. The Morgan fingerprint density at radius 1 is 1.33 bits per heavy atom. The standard InChI is InChI=1S/C14H15ClN2O/c1-9(2)14-13-10(8-18-16-13)7-17(14)12-5-3-11(15)4-6-12/h3-6,8-9,14H,7H2,1-2H3/t14-/m0/s1. The molecule has 1 aromatic heterocycles. The lowest BCUT2D eigenvalue weighted by Crippen LogP contribution is -2.25. The van der Waals surface area contributed by atoms with Crippen LogP contribution < -0.4 is 4.90 Å². The maximum atomic E-state index is 5.94. The van der Waals surface area contributed by atoms with Crippen molar-refractivity contribution in [3.63, 3.8) is 0 Å². The molecule has 1 aromatic carbocycles. The van der Waals surface area contributed by atoms with Crippen molar-refractivity contribution in [2.75, 3.05) is 4.90 Å². The molecule has 4 heteroatoms. The first kappa shape index (κ1) is 11.6. The van der Waals surface area contributed by atoms with Crippen LogP contribution in [0.4, 0.5) is 5.69 Å². The molecule has 0 radical (unpaired) electrons. The van der Waals surface area contributed by atoms with Gasteiger partial charge in [0.15, 0.2) is 0 Å². The van der Waals surface area contributed by atoms with Crippen molar-refractivity contribution in [3.05, 3.63) is 46.8 Å². The summed E-state index contributed by atoms with van der Waals surface area (Å²) in [7, 11) is 0. The number of hydrogen-bond acceptors (Lipinski definition) is 3. The maximum absolute atomic E-state index is 5.94. The van der Waals surface area contributed by atoms with Crippen molar-refractivity contribution in [1.82, 2.24) is 5.16 Å². The lowest BCUT2D eigenvalue weighted by Gasteiger charge is -2.29. The normalized spacial score (nSPS) is 18.4. The van der Waals surface area contributed by atoms with Gasteiger partial charge in [-0.1, -0.05) is 30.6 Å². The van der Waals surface area contributed by atoms with Gasteiger partial charge in [0.2, 0.25) is 0 Å². The van der Waals surface area contributed by atoms with Gasteiger partial charge in [0.25, 0.3) is 0 Å². The number of fused-ring (bicyclic) bond motifs is 1. The summed E-state index contributed by atoms with van der Waals surface area (Å²) in [4.78, 5) is 2.36. The van der Waals surface area contributed by atoms with E-state index in [9.17, 15) is 0 Å². The van der Waals surface area contributed by atoms with E-state index in [0.29, 0.717) is 5.92 Å². The van der Waals surface area contributed by atoms with E-state index in [4.69, 9.17) is 16.1 Å². The number of aromatic nitrogens is 1. The van der Waals surface area contributed by atoms with Crippen LogP contribution in [0.3, 0.4) is 0 Å². The zero-order valence-electron chi connectivity index (χ0n) is 10.4. The maximum Gasteiger partial charge on any atom is 0.129 e. The average Bonchev–Trinajstić information content (AvgIpc) is 2.88. The van der Waals surface area contributed by atoms with Crippen molar-refractivity contribution >= 4 is 17.3 Å². The van der Waals surface area contributed by atoms with Gasteiger partial charge in [0, 0.05) is 22.8 Å². The Hall–Kier alpha value is -1.48. The second-order valence-corrected chi connectivity index (χ2v) is 5.45. The van der Waals surface area contributed by atoms with Crippen LogP contribution in [-0.4, -0.2) is 5.16 Å². The van der Waals surface area contributed by atoms with Crippen LogP contribution in [0.5, 0.6) is 0 Å². The zero-order chi connectivity index (χ0) is 12.7. The number of anilines is 1. The summed E-state index contributed by atoms with van der Waals surface area (Å²) >= 11 is 5.94. The summed E-state index contributed by atoms with van der Waals surface area (Å²) in [5.41, 5.74) is 3.43. The summed E-state index contributed by atoms with van der Waals surface area (Å²) in [6, 6.07) is 8.24. The molecule has 0 spiro atoms. The molecule has 0 saturated heterocycles. The van der Waals surface area contributed by atoms with Crippen molar-refractivity contribution in [3.8, 4) is 0 Å². The van der Waals surface area contributed by atoms with Crippen LogP contribution in [-0.2, 0) is 6.54 Å². The van der Waals surface area contributed by atoms with Crippen LogP contribution >= 0.6 is 11.6 Å². The first-order chi connectivity index (χ1) is 8.66. The highest BCUT2D eigenvalue weighted by molar-refractivity contribution is 6.30. The molecule has 18 heavy (non-hydrogen) atoms. The van der Waals surface area contributed by atoms with Gasteiger partial charge in [-0.3, -0.25) is 0 Å². The van der Waals surface area contributed by atoms with E-state index < -0.39 is 0 Å². The van der Waals surface area contributed by atoms with Crippen molar-refractivity contribution in [2.45, 2.75) is 26.4 Å². The Labute approximate surface area is 111 Å². The lowest BCUT2D eigenvalue weighted by molar-refractivity contribution is 0.382. The Kier molecular flexibility index (Phi) is 2.78. The van der Waals surface area contributed by atoms with E-state index >= 15 is 0 Å². The molecule has 0 amide bonds. The second kappa shape index (κ2) is 4.32. The quantitative estimate of drug-likeness (QED) is 0.818. The van der Waals surface area contributed by atoms with E-state index in [-0.39, 0.29) is 6.04 Å². The predicted octanol–water partition coefficient (Wildman–Crippen LogP) is 4.05. The molecule has 0 saturated carbocycles. The highest BCUT2D eigenvalue weighted by Gasteiger charge is 2.35. The summed E-state index contributed by atoms with van der Waals surface area (Å²) in [5, 5.41) is 4.91. The average molecular weight is 263 g/mol. The van der Waals surface area contributed by atoms with Crippen LogP contribution in [0, 0.1) is 5.92 Å². The van der Waals surface area contributed by atoms with E-state index in [2.05, 4.69) is 36.0 Å². The number of nitrogens with zero attached hydrogens (tertiary/aromatic N) is 2. The Morgan fingerprint density at radius 3 is 2.72 bits per heavy atom. The topological polar surface area (TPSA) is 29.3 Å². The number of benzene rings is 1. The van der Waals surface area contributed by atoms with E-state index in [1.165, 1.54) is 11.3 Å². The Balaban J connectivity index is 1.98. The summed E-state index contributed by atoms with van der Waals surface area (Å²) in [6.45, 7) is 5.26. The van der Waals surface area contributed by atoms with Crippen molar-refractivity contribution in [2.24, 2.45) is 5.92 Å². The fraction of sp³-hybridized carbons (Fsp3) is 0.357. The third kappa shape index (κ3) is 1.79. The van der Waals surface area contributed by atoms with Crippen LogP contribution in [0.2, 0.25) is 5.02 Å². The van der Waals surface area contributed by atoms with E-state index in [0.717, 1.165) is 17.3 Å². The van der Waals surface area contributed by atoms with Gasteiger partial charge in [0.1, 0.15) is 12.0 Å². The molecule has 2 aromatic rings. The molecule has 0 unspecified atom stereocenters. The molecule has 2 heterocycles. The first-order valence-electron chi connectivity index (χ1n) is 6.12. The fourth-order valence-corrected chi connectivity index (χ4v) is 2.74. The second-order valence-electron chi connectivity index (χ2n) is 5.02. The van der Waals surface area contributed by atoms with Gasteiger partial charge >= 0.3 is 0 Å². The molecular formula is C14H15ClN2O. The molecule has 94 valence electrons. The van der Waals surface area contributed by atoms with Crippen molar-refractivity contribution in [1.29, 1.82) is 0 Å². The van der Waals surface area contributed by atoms with Gasteiger partial charge in [-0.2, -0.15) is 0 Å². The van der Waals surface area contributed by atoms with E-state index in [1.807, 2.05) is 12.1 Å². The highest BCUT2D eigenvalue weighted by atomic mass is 35.5. The van der Waals surface area contributed by atoms with Crippen molar-refractivity contribution < 1.29 is 4.52 Å². The highest BCUT2D eigenvalue weighted by Crippen LogP contribution is 2.40.